The number of carbonyl (C=O) groups is 1. The Bertz CT molecular complexity index is 633. The molecule has 2 unspecified atom stereocenters. The highest BCUT2D eigenvalue weighted by molar-refractivity contribution is 5.85. The van der Waals surface area contributed by atoms with Gasteiger partial charge in [0.25, 0.3) is 0 Å². The minimum atomic E-state index is 0. The molecular weight excluding hydrogens is 360 g/mol. The van der Waals surface area contributed by atoms with Gasteiger partial charge in [-0.3, -0.25) is 4.79 Å². The van der Waals surface area contributed by atoms with Crippen molar-refractivity contribution in [1.82, 2.24) is 10.6 Å². The van der Waals surface area contributed by atoms with Gasteiger partial charge >= 0.3 is 0 Å². The highest BCUT2D eigenvalue weighted by atomic mass is 35.5. The van der Waals surface area contributed by atoms with Crippen molar-refractivity contribution < 1.29 is 9.53 Å². The van der Waals surface area contributed by atoms with Crippen LogP contribution in [0.1, 0.15) is 63.4 Å². The molecule has 1 saturated carbocycles. The Hall–Kier alpha value is -1.26. The molecule has 3 aliphatic rings. The van der Waals surface area contributed by atoms with Crippen LogP contribution in [0.25, 0.3) is 0 Å². The van der Waals surface area contributed by atoms with Gasteiger partial charge in [0.05, 0.1) is 7.11 Å². The number of carbonyl (C=O) groups excluding carboxylic acids is 1. The summed E-state index contributed by atoms with van der Waals surface area (Å²) in [6, 6.07) is 9.73. The topological polar surface area (TPSA) is 50.4 Å². The fourth-order valence-corrected chi connectivity index (χ4v) is 5.52. The molecule has 150 valence electrons. The maximum absolute atomic E-state index is 12.6. The van der Waals surface area contributed by atoms with E-state index in [2.05, 4.69) is 28.8 Å². The van der Waals surface area contributed by atoms with E-state index in [-0.39, 0.29) is 23.7 Å². The summed E-state index contributed by atoms with van der Waals surface area (Å²) in [6.07, 6.45) is 10.4. The Labute approximate surface area is 169 Å². The summed E-state index contributed by atoms with van der Waals surface area (Å²) in [5.74, 6) is 1.71. The van der Waals surface area contributed by atoms with Crippen LogP contribution < -0.4 is 15.4 Å². The molecule has 4 nitrogen and oxygen atoms in total. The lowest BCUT2D eigenvalue weighted by Crippen LogP contribution is -2.42. The van der Waals surface area contributed by atoms with Gasteiger partial charge in [-0.2, -0.15) is 0 Å². The summed E-state index contributed by atoms with van der Waals surface area (Å²) >= 11 is 0. The van der Waals surface area contributed by atoms with E-state index in [4.69, 9.17) is 4.74 Å². The number of methoxy groups -OCH3 is 1. The highest BCUT2D eigenvalue weighted by Gasteiger charge is 2.37. The number of amides is 1. The van der Waals surface area contributed by atoms with Crippen molar-refractivity contribution in [2.45, 2.75) is 75.3 Å². The van der Waals surface area contributed by atoms with E-state index in [1.807, 2.05) is 6.07 Å². The van der Waals surface area contributed by atoms with Crippen molar-refractivity contribution in [2.75, 3.05) is 13.7 Å². The van der Waals surface area contributed by atoms with Crippen LogP contribution in [-0.4, -0.2) is 31.6 Å². The number of fused-ring (bicyclic) bond motifs is 2. The van der Waals surface area contributed by atoms with Gasteiger partial charge in [0.1, 0.15) is 5.75 Å². The lowest BCUT2D eigenvalue weighted by molar-refractivity contribution is -0.122. The lowest BCUT2D eigenvalue weighted by Gasteiger charge is -2.32. The predicted octanol–water partition coefficient (Wildman–Crippen LogP) is 3.97. The predicted molar refractivity (Wildman–Crippen MR) is 111 cm³/mol. The van der Waals surface area contributed by atoms with Crippen molar-refractivity contribution in [1.29, 1.82) is 0 Å². The molecule has 4 rings (SSSR count). The average Bonchev–Trinajstić information content (AvgIpc) is 3.27. The summed E-state index contributed by atoms with van der Waals surface area (Å²) in [5.41, 5.74) is 1.40. The molecule has 1 aromatic rings. The minimum absolute atomic E-state index is 0. The lowest BCUT2D eigenvalue weighted by atomic mass is 9.78. The fraction of sp³-hybridized carbons (Fsp3) is 0.682. The van der Waals surface area contributed by atoms with Crippen LogP contribution in [0.2, 0.25) is 0 Å². The molecule has 2 atom stereocenters. The fourth-order valence-electron chi connectivity index (χ4n) is 5.52. The number of halogens is 1. The number of rotatable bonds is 6. The molecule has 1 amide bonds. The van der Waals surface area contributed by atoms with Crippen LogP contribution in [0.15, 0.2) is 24.3 Å². The normalized spacial score (nSPS) is 28.4. The first-order valence-corrected chi connectivity index (χ1v) is 10.3. The molecule has 2 heterocycles. The summed E-state index contributed by atoms with van der Waals surface area (Å²) < 4.78 is 5.42. The largest absolute Gasteiger partial charge is 0.497 e. The second-order valence-electron chi connectivity index (χ2n) is 8.68. The SMILES string of the molecule is COc1cccc(C2(CNC(=O)CC3CC4CCC(C3)N4)CCCC2)c1.Cl. The first-order chi connectivity index (χ1) is 12.7. The van der Waals surface area contributed by atoms with Gasteiger partial charge in [0.2, 0.25) is 5.91 Å². The highest BCUT2D eigenvalue weighted by Crippen LogP contribution is 2.41. The van der Waals surface area contributed by atoms with Gasteiger partial charge in [-0.25, -0.2) is 0 Å². The molecule has 2 N–H and O–H groups in total. The number of piperidine rings is 1. The summed E-state index contributed by atoms with van der Waals surface area (Å²) in [4.78, 5) is 12.6. The third-order valence-corrected chi connectivity index (χ3v) is 6.91. The van der Waals surface area contributed by atoms with Gasteiger partial charge in [-0.05, 0) is 62.1 Å². The van der Waals surface area contributed by atoms with Crippen LogP contribution in [-0.2, 0) is 10.2 Å². The van der Waals surface area contributed by atoms with Gasteiger partial charge in [0, 0.05) is 30.5 Å². The number of hydrogen-bond donors (Lipinski definition) is 2. The first kappa shape index (κ1) is 20.5. The monoisotopic (exact) mass is 392 g/mol. The van der Waals surface area contributed by atoms with Crippen LogP contribution in [0, 0.1) is 5.92 Å². The molecule has 0 spiro atoms. The number of hydrogen-bond acceptors (Lipinski definition) is 3. The Balaban J connectivity index is 0.00000210. The van der Waals surface area contributed by atoms with Crippen LogP contribution >= 0.6 is 12.4 Å². The zero-order valence-electron chi connectivity index (χ0n) is 16.3. The van der Waals surface area contributed by atoms with Crippen molar-refractivity contribution >= 4 is 18.3 Å². The smallest absolute Gasteiger partial charge is 0.220 e. The molecule has 0 aromatic heterocycles. The number of ether oxygens (including phenoxy) is 1. The summed E-state index contributed by atoms with van der Waals surface area (Å²) in [6.45, 7) is 0.761. The Kier molecular flexibility index (Phi) is 6.69. The second-order valence-corrected chi connectivity index (χ2v) is 8.68. The average molecular weight is 393 g/mol. The summed E-state index contributed by atoms with van der Waals surface area (Å²) in [5, 5.41) is 6.96. The van der Waals surface area contributed by atoms with E-state index in [1.165, 1.54) is 44.1 Å². The van der Waals surface area contributed by atoms with Crippen molar-refractivity contribution in [2.24, 2.45) is 5.92 Å². The first-order valence-electron chi connectivity index (χ1n) is 10.3. The van der Waals surface area contributed by atoms with Crippen LogP contribution in [0.3, 0.4) is 0 Å². The molecule has 27 heavy (non-hydrogen) atoms. The minimum Gasteiger partial charge on any atom is -0.497 e. The molecule has 1 aromatic carbocycles. The van der Waals surface area contributed by atoms with E-state index < -0.39 is 0 Å². The summed E-state index contributed by atoms with van der Waals surface area (Å²) in [7, 11) is 1.72. The van der Waals surface area contributed by atoms with E-state index in [0.29, 0.717) is 24.4 Å². The molecule has 1 aliphatic carbocycles. The van der Waals surface area contributed by atoms with E-state index in [1.54, 1.807) is 7.11 Å². The molecule has 2 bridgehead atoms. The van der Waals surface area contributed by atoms with Gasteiger partial charge in [-0.15, -0.1) is 12.4 Å². The Morgan fingerprint density at radius 1 is 1.22 bits per heavy atom. The quantitative estimate of drug-likeness (QED) is 0.770. The van der Waals surface area contributed by atoms with E-state index in [0.717, 1.165) is 25.1 Å². The Morgan fingerprint density at radius 3 is 2.59 bits per heavy atom. The van der Waals surface area contributed by atoms with Gasteiger partial charge in [-0.1, -0.05) is 25.0 Å². The third-order valence-electron chi connectivity index (χ3n) is 6.91. The molecular formula is C22H33ClN2O2. The molecule has 2 saturated heterocycles. The zero-order valence-corrected chi connectivity index (χ0v) is 17.2. The van der Waals surface area contributed by atoms with Crippen molar-refractivity contribution in [3.63, 3.8) is 0 Å². The van der Waals surface area contributed by atoms with Crippen LogP contribution in [0.5, 0.6) is 5.75 Å². The molecule has 0 radical (unpaired) electrons. The van der Waals surface area contributed by atoms with Crippen molar-refractivity contribution in [3.05, 3.63) is 29.8 Å². The molecule has 2 aliphatic heterocycles. The standard InChI is InChI=1S/C22H32N2O2.ClH/c1-26-20-6-4-5-17(14-20)22(9-2-3-10-22)15-23-21(25)13-16-11-18-7-8-19(12-16)24-18;/h4-6,14,16,18-19,24H,2-3,7-13,15H2,1H3,(H,23,25);1H. The third kappa shape index (κ3) is 4.60. The number of nitrogens with one attached hydrogen (secondary N) is 2. The van der Waals surface area contributed by atoms with E-state index in [9.17, 15) is 4.79 Å². The zero-order chi connectivity index (χ0) is 18.0. The van der Waals surface area contributed by atoms with Gasteiger partial charge in [0.15, 0.2) is 0 Å². The Morgan fingerprint density at radius 2 is 1.93 bits per heavy atom. The van der Waals surface area contributed by atoms with Crippen molar-refractivity contribution in [3.8, 4) is 5.75 Å². The number of benzene rings is 1. The van der Waals surface area contributed by atoms with Crippen LogP contribution in [0.4, 0.5) is 0 Å². The van der Waals surface area contributed by atoms with Gasteiger partial charge < -0.3 is 15.4 Å². The second kappa shape index (κ2) is 8.83. The van der Waals surface area contributed by atoms with E-state index >= 15 is 0 Å². The maximum atomic E-state index is 12.6. The molecule has 3 fully saturated rings. The maximum Gasteiger partial charge on any atom is 0.220 e. The molecule has 5 heteroatoms.